The van der Waals surface area contributed by atoms with Gasteiger partial charge in [0.1, 0.15) is 6.10 Å². The fourth-order valence-corrected chi connectivity index (χ4v) is 1.55. The van der Waals surface area contributed by atoms with Crippen LogP contribution in [-0.2, 0) is 0 Å². The van der Waals surface area contributed by atoms with Crippen LogP contribution in [0.2, 0.25) is 10.0 Å². The Morgan fingerprint density at radius 3 is 2.59 bits per heavy atom. The van der Waals surface area contributed by atoms with Gasteiger partial charge in [0.05, 0.1) is 10.6 Å². The molecule has 0 aromatic heterocycles. The van der Waals surface area contributed by atoms with Gasteiger partial charge in [0.15, 0.2) is 0 Å². The van der Waals surface area contributed by atoms with E-state index in [1.807, 2.05) is 0 Å². The first-order chi connectivity index (χ1) is 7.91. The number of carbonyl (C=O) groups is 1. The molecule has 94 valence electrons. The highest BCUT2D eigenvalue weighted by Gasteiger charge is 2.18. The standard InChI is InChI=1S/C10H9Cl2F2NO2/c11-5-1-2-6(7(12)3-5)10(17)15-4-8(16)9(13)14/h1-3,8-9,16H,4H2,(H,15,17). The number of hydrogen-bond acceptors (Lipinski definition) is 2. The smallest absolute Gasteiger partial charge is 0.265 e. The molecule has 2 N–H and O–H groups in total. The SMILES string of the molecule is O=C(NCC(O)C(F)F)c1ccc(Cl)cc1Cl. The van der Waals surface area contributed by atoms with E-state index in [1.165, 1.54) is 18.2 Å². The summed E-state index contributed by atoms with van der Waals surface area (Å²) in [5.74, 6) is -0.647. The molecular weight excluding hydrogens is 275 g/mol. The summed E-state index contributed by atoms with van der Waals surface area (Å²) < 4.78 is 23.9. The van der Waals surface area contributed by atoms with Crippen LogP contribution >= 0.6 is 23.2 Å². The summed E-state index contributed by atoms with van der Waals surface area (Å²) in [7, 11) is 0. The van der Waals surface area contributed by atoms with Crippen molar-refractivity contribution >= 4 is 29.1 Å². The van der Waals surface area contributed by atoms with Crippen LogP contribution in [0.4, 0.5) is 8.78 Å². The van der Waals surface area contributed by atoms with Crippen LogP contribution in [-0.4, -0.2) is 30.1 Å². The van der Waals surface area contributed by atoms with Crippen molar-refractivity contribution in [3.05, 3.63) is 33.8 Å². The number of aliphatic hydroxyl groups is 1. The highest BCUT2D eigenvalue weighted by Crippen LogP contribution is 2.20. The van der Waals surface area contributed by atoms with Crippen molar-refractivity contribution in [3.8, 4) is 0 Å². The van der Waals surface area contributed by atoms with Gasteiger partial charge < -0.3 is 10.4 Å². The number of alkyl halides is 2. The monoisotopic (exact) mass is 283 g/mol. The molecular formula is C10H9Cl2F2NO2. The molecule has 17 heavy (non-hydrogen) atoms. The fourth-order valence-electron chi connectivity index (χ4n) is 1.06. The van der Waals surface area contributed by atoms with E-state index in [2.05, 4.69) is 5.32 Å². The zero-order valence-electron chi connectivity index (χ0n) is 8.46. The van der Waals surface area contributed by atoms with Gasteiger partial charge in [-0.15, -0.1) is 0 Å². The van der Waals surface area contributed by atoms with Crippen LogP contribution in [0, 0.1) is 0 Å². The Balaban J connectivity index is 2.64. The molecule has 3 nitrogen and oxygen atoms in total. The number of carbonyl (C=O) groups excluding carboxylic acids is 1. The van der Waals surface area contributed by atoms with Gasteiger partial charge in [-0.25, -0.2) is 8.78 Å². The lowest BCUT2D eigenvalue weighted by atomic mass is 10.2. The first-order valence-corrected chi connectivity index (χ1v) is 5.37. The molecule has 1 atom stereocenters. The lowest BCUT2D eigenvalue weighted by molar-refractivity contribution is -0.00270. The summed E-state index contributed by atoms with van der Waals surface area (Å²) in [6, 6.07) is 4.18. The number of aliphatic hydroxyl groups excluding tert-OH is 1. The second-order valence-corrected chi connectivity index (χ2v) is 4.08. The van der Waals surface area contributed by atoms with Crippen molar-refractivity contribution in [2.75, 3.05) is 6.54 Å². The average Bonchev–Trinajstić information content (AvgIpc) is 2.25. The molecule has 1 amide bonds. The van der Waals surface area contributed by atoms with Gasteiger partial charge in [-0.3, -0.25) is 4.79 Å². The molecule has 1 unspecified atom stereocenters. The van der Waals surface area contributed by atoms with E-state index in [0.717, 1.165) is 0 Å². The molecule has 1 aromatic carbocycles. The van der Waals surface area contributed by atoms with E-state index in [9.17, 15) is 13.6 Å². The minimum Gasteiger partial charge on any atom is -0.385 e. The maximum atomic E-state index is 12.0. The molecule has 0 bridgehead atoms. The minimum atomic E-state index is -2.91. The van der Waals surface area contributed by atoms with Crippen LogP contribution in [0.25, 0.3) is 0 Å². The van der Waals surface area contributed by atoms with Gasteiger partial charge in [-0.2, -0.15) is 0 Å². The van der Waals surface area contributed by atoms with Gasteiger partial charge in [-0.1, -0.05) is 23.2 Å². The number of amides is 1. The lowest BCUT2D eigenvalue weighted by Crippen LogP contribution is -2.35. The van der Waals surface area contributed by atoms with Gasteiger partial charge >= 0.3 is 0 Å². The third-order valence-corrected chi connectivity index (χ3v) is 2.49. The van der Waals surface area contributed by atoms with E-state index < -0.39 is 25.0 Å². The third-order valence-electron chi connectivity index (χ3n) is 1.94. The van der Waals surface area contributed by atoms with Gasteiger partial charge in [0, 0.05) is 11.6 Å². The first kappa shape index (κ1) is 14.2. The zero-order valence-corrected chi connectivity index (χ0v) is 9.97. The van der Waals surface area contributed by atoms with E-state index >= 15 is 0 Å². The van der Waals surface area contributed by atoms with Crippen molar-refractivity contribution in [1.29, 1.82) is 0 Å². The molecule has 0 radical (unpaired) electrons. The predicted octanol–water partition coefficient (Wildman–Crippen LogP) is 2.35. The van der Waals surface area contributed by atoms with Crippen molar-refractivity contribution in [2.45, 2.75) is 12.5 Å². The molecule has 7 heteroatoms. The van der Waals surface area contributed by atoms with Crippen molar-refractivity contribution in [1.82, 2.24) is 5.32 Å². The summed E-state index contributed by atoms with van der Waals surface area (Å²) in [6.45, 7) is -0.546. The third kappa shape index (κ3) is 4.11. The molecule has 0 spiro atoms. The molecule has 0 heterocycles. The van der Waals surface area contributed by atoms with Crippen molar-refractivity contribution in [2.24, 2.45) is 0 Å². The summed E-state index contributed by atoms with van der Waals surface area (Å²) in [5, 5.41) is 11.4. The van der Waals surface area contributed by atoms with Crippen molar-refractivity contribution in [3.63, 3.8) is 0 Å². The maximum Gasteiger partial charge on any atom is 0.265 e. The number of benzene rings is 1. The number of nitrogens with one attached hydrogen (secondary N) is 1. The number of rotatable bonds is 4. The Morgan fingerprint density at radius 2 is 2.06 bits per heavy atom. The van der Waals surface area contributed by atoms with Crippen LogP contribution in [0.5, 0.6) is 0 Å². The number of halogens is 4. The Labute approximate surface area is 106 Å². The van der Waals surface area contributed by atoms with Crippen LogP contribution in [0.1, 0.15) is 10.4 Å². The quantitative estimate of drug-likeness (QED) is 0.891. The molecule has 0 aliphatic heterocycles. The molecule has 0 saturated carbocycles. The Kier molecular flexibility index (Phi) is 5.11. The molecule has 0 saturated heterocycles. The van der Waals surface area contributed by atoms with E-state index in [-0.39, 0.29) is 10.6 Å². The van der Waals surface area contributed by atoms with Gasteiger partial charge in [0.25, 0.3) is 12.3 Å². The molecule has 1 rings (SSSR count). The van der Waals surface area contributed by atoms with E-state index in [1.54, 1.807) is 0 Å². The van der Waals surface area contributed by atoms with Crippen LogP contribution < -0.4 is 5.32 Å². The summed E-state index contributed by atoms with van der Waals surface area (Å²) in [5.41, 5.74) is 0.109. The van der Waals surface area contributed by atoms with Crippen LogP contribution in [0.15, 0.2) is 18.2 Å². The number of hydrogen-bond donors (Lipinski definition) is 2. The summed E-state index contributed by atoms with van der Waals surface area (Å²) in [4.78, 5) is 11.5. The highest BCUT2D eigenvalue weighted by atomic mass is 35.5. The average molecular weight is 284 g/mol. The van der Waals surface area contributed by atoms with E-state index in [4.69, 9.17) is 28.3 Å². The Hall–Kier alpha value is -0.910. The molecule has 1 aromatic rings. The van der Waals surface area contributed by atoms with Gasteiger partial charge in [-0.05, 0) is 18.2 Å². The second-order valence-electron chi connectivity index (χ2n) is 3.24. The highest BCUT2D eigenvalue weighted by molar-refractivity contribution is 6.36. The van der Waals surface area contributed by atoms with Crippen molar-refractivity contribution < 1.29 is 18.7 Å². The molecule has 0 aliphatic rings. The minimum absolute atomic E-state index is 0.109. The Bertz CT molecular complexity index is 415. The normalized spacial score (nSPS) is 12.6. The summed E-state index contributed by atoms with van der Waals surface area (Å²) >= 11 is 11.4. The maximum absolute atomic E-state index is 12.0. The molecule has 0 aliphatic carbocycles. The molecule has 0 fully saturated rings. The first-order valence-electron chi connectivity index (χ1n) is 4.61. The van der Waals surface area contributed by atoms with Gasteiger partial charge in [0.2, 0.25) is 0 Å². The Morgan fingerprint density at radius 1 is 1.41 bits per heavy atom. The summed E-state index contributed by atoms with van der Waals surface area (Å²) in [6.07, 6.45) is -4.80. The fraction of sp³-hybridized carbons (Fsp3) is 0.300. The largest absolute Gasteiger partial charge is 0.385 e. The topological polar surface area (TPSA) is 49.3 Å². The second kappa shape index (κ2) is 6.14. The van der Waals surface area contributed by atoms with E-state index in [0.29, 0.717) is 5.02 Å². The zero-order chi connectivity index (χ0) is 13.0. The predicted molar refractivity (Wildman–Crippen MR) is 60.8 cm³/mol. The lowest BCUT2D eigenvalue weighted by Gasteiger charge is -2.11. The van der Waals surface area contributed by atoms with Crippen LogP contribution in [0.3, 0.4) is 0 Å².